The summed E-state index contributed by atoms with van der Waals surface area (Å²) >= 11 is 0. The lowest BCUT2D eigenvalue weighted by Crippen LogP contribution is -2.44. The molecule has 0 aromatic carbocycles. The number of hydrogen-bond donors (Lipinski definition) is 2. The highest BCUT2D eigenvalue weighted by Crippen LogP contribution is 2.18. The van der Waals surface area contributed by atoms with Crippen molar-refractivity contribution in [2.45, 2.75) is 31.1 Å². The maximum absolute atomic E-state index is 11.9. The van der Waals surface area contributed by atoms with E-state index in [0.29, 0.717) is 24.8 Å². The Morgan fingerprint density at radius 2 is 2.30 bits per heavy atom. The van der Waals surface area contributed by atoms with Gasteiger partial charge in [-0.15, -0.1) is 0 Å². The van der Waals surface area contributed by atoms with Crippen LogP contribution in [0, 0.1) is 0 Å². The molecule has 2 N–H and O–H groups in total. The van der Waals surface area contributed by atoms with Crippen LogP contribution in [0.3, 0.4) is 0 Å². The molecule has 7 heteroatoms. The number of hydrogen-bond acceptors (Lipinski definition) is 4. The largest absolute Gasteiger partial charge is 0.467 e. The SMILES string of the molecule is CN=C(NCc1ccco1)NC[C@@H]1CCCCS1(=O)=O. The van der Waals surface area contributed by atoms with Crippen LogP contribution in [-0.4, -0.2) is 39.0 Å². The third-order valence-electron chi connectivity index (χ3n) is 3.44. The summed E-state index contributed by atoms with van der Waals surface area (Å²) in [5.74, 6) is 1.69. The van der Waals surface area contributed by atoms with Crippen LogP contribution in [0.5, 0.6) is 0 Å². The second-order valence-electron chi connectivity index (χ2n) is 4.87. The predicted molar refractivity (Wildman–Crippen MR) is 78.3 cm³/mol. The van der Waals surface area contributed by atoms with Crippen LogP contribution in [0.1, 0.15) is 25.0 Å². The third kappa shape index (κ3) is 4.00. The van der Waals surface area contributed by atoms with Crippen molar-refractivity contribution in [2.24, 2.45) is 4.99 Å². The van der Waals surface area contributed by atoms with Crippen molar-refractivity contribution in [3.05, 3.63) is 24.2 Å². The lowest BCUT2D eigenvalue weighted by atomic mass is 10.2. The van der Waals surface area contributed by atoms with E-state index in [4.69, 9.17) is 4.42 Å². The molecule has 2 rings (SSSR count). The molecule has 1 saturated heterocycles. The van der Waals surface area contributed by atoms with Gasteiger partial charge in [-0.1, -0.05) is 6.42 Å². The third-order valence-corrected chi connectivity index (χ3v) is 5.72. The van der Waals surface area contributed by atoms with Crippen molar-refractivity contribution < 1.29 is 12.8 Å². The molecule has 1 aliphatic heterocycles. The second-order valence-corrected chi connectivity index (χ2v) is 7.27. The summed E-state index contributed by atoms with van der Waals surface area (Å²) in [5.41, 5.74) is 0. The molecular weight excluding hydrogens is 278 g/mol. The van der Waals surface area contributed by atoms with Gasteiger partial charge < -0.3 is 15.1 Å². The van der Waals surface area contributed by atoms with Crippen molar-refractivity contribution in [2.75, 3.05) is 19.3 Å². The molecule has 0 bridgehead atoms. The summed E-state index contributed by atoms with van der Waals surface area (Å²) in [6.07, 6.45) is 4.10. The molecule has 1 fully saturated rings. The zero-order valence-electron chi connectivity index (χ0n) is 11.6. The lowest BCUT2D eigenvalue weighted by molar-refractivity contribution is 0.500. The molecular formula is C13H21N3O3S. The number of aliphatic imine (C=N–C) groups is 1. The number of nitrogens with one attached hydrogen (secondary N) is 2. The molecule has 1 aromatic heterocycles. The Morgan fingerprint density at radius 3 is 2.95 bits per heavy atom. The van der Waals surface area contributed by atoms with E-state index < -0.39 is 9.84 Å². The van der Waals surface area contributed by atoms with Crippen LogP contribution < -0.4 is 10.6 Å². The van der Waals surface area contributed by atoms with Gasteiger partial charge in [0.15, 0.2) is 15.8 Å². The summed E-state index contributed by atoms with van der Waals surface area (Å²) < 4.78 is 29.0. The van der Waals surface area contributed by atoms with Crippen LogP contribution in [-0.2, 0) is 16.4 Å². The van der Waals surface area contributed by atoms with E-state index in [1.807, 2.05) is 12.1 Å². The van der Waals surface area contributed by atoms with E-state index in [1.165, 1.54) is 0 Å². The first-order valence-corrected chi connectivity index (χ1v) is 8.52. The minimum atomic E-state index is -2.95. The summed E-state index contributed by atoms with van der Waals surface area (Å²) in [5, 5.41) is 5.86. The van der Waals surface area contributed by atoms with Crippen LogP contribution in [0.25, 0.3) is 0 Å². The Balaban J connectivity index is 1.81. The highest BCUT2D eigenvalue weighted by Gasteiger charge is 2.28. The topological polar surface area (TPSA) is 83.7 Å². The number of rotatable bonds is 4. The summed E-state index contributed by atoms with van der Waals surface area (Å²) in [7, 11) is -1.29. The van der Waals surface area contributed by atoms with Gasteiger partial charge in [-0.3, -0.25) is 4.99 Å². The fourth-order valence-corrected chi connectivity index (χ4v) is 4.07. The Hall–Kier alpha value is -1.50. The van der Waals surface area contributed by atoms with Gasteiger partial charge in [0.1, 0.15) is 5.76 Å². The molecule has 112 valence electrons. The van der Waals surface area contributed by atoms with Crippen molar-refractivity contribution in [3.8, 4) is 0 Å². The average Bonchev–Trinajstić information content (AvgIpc) is 2.93. The van der Waals surface area contributed by atoms with E-state index in [-0.39, 0.29) is 5.25 Å². The highest BCUT2D eigenvalue weighted by atomic mass is 32.2. The Kier molecular flexibility index (Phi) is 5.05. The van der Waals surface area contributed by atoms with Crippen LogP contribution in [0.15, 0.2) is 27.8 Å². The summed E-state index contributed by atoms with van der Waals surface area (Å²) in [6, 6.07) is 3.69. The molecule has 2 heterocycles. The van der Waals surface area contributed by atoms with E-state index in [0.717, 1.165) is 25.0 Å². The molecule has 0 unspecified atom stereocenters. The van der Waals surface area contributed by atoms with Crippen LogP contribution in [0.2, 0.25) is 0 Å². The zero-order valence-corrected chi connectivity index (χ0v) is 12.4. The molecule has 0 spiro atoms. The normalized spacial score (nSPS) is 22.4. The number of sulfone groups is 1. The Bertz CT molecular complexity index is 537. The molecule has 1 atom stereocenters. The average molecular weight is 299 g/mol. The first kappa shape index (κ1) is 14.9. The standard InChI is InChI=1S/C13H21N3O3S/c1-14-13(15-9-11-5-4-7-19-11)16-10-12-6-2-3-8-20(12,17)18/h4-5,7,12H,2-3,6,8-10H2,1H3,(H2,14,15,16)/t12-/m0/s1. The maximum atomic E-state index is 11.9. The minimum absolute atomic E-state index is 0.303. The smallest absolute Gasteiger partial charge is 0.191 e. The van der Waals surface area contributed by atoms with E-state index in [1.54, 1.807) is 13.3 Å². The van der Waals surface area contributed by atoms with Gasteiger partial charge in [0, 0.05) is 13.6 Å². The van der Waals surface area contributed by atoms with E-state index in [2.05, 4.69) is 15.6 Å². The zero-order chi connectivity index (χ0) is 14.4. The van der Waals surface area contributed by atoms with E-state index in [9.17, 15) is 8.42 Å². The molecule has 1 aromatic rings. The number of guanidine groups is 1. The van der Waals surface area contributed by atoms with Crippen molar-refractivity contribution in [3.63, 3.8) is 0 Å². The fourth-order valence-electron chi connectivity index (χ4n) is 2.27. The highest BCUT2D eigenvalue weighted by molar-refractivity contribution is 7.92. The minimum Gasteiger partial charge on any atom is -0.467 e. The molecule has 0 saturated carbocycles. The number of furan rings is 1. The molecule has 1 aliphatic rings. The van der Waals surface area contributed by atoms with Gasteiger partial charge in [-0.25, -0.2) is 8.42 Å². The molecule has 6 nitrogen and oxygen atoms in total. The first-order valence-electron chi connectivity index (χ1n) is 6.80. The molecule has 0 radical (unpaired) electrons. The predicted octanol–water partition coefficient (Wildman–Crippen LogP) is 0.912. The molecule has 0 amide bonds. The first-order chi connectivity index (χ1) is 9.62. The van der Waals surface area contributed by atoms with E-state index >= 15 is 0 Å². The van der Waals surface area contributed by atoms with Gasteiger partial charge >= 0.3 is 0 Å². The lowest BCUT2D eigenvalue weighted by Gasteiger charge is -2.23. The van der Waals surface area contributed by atoms with Crippen molar-refractivity contribution in [1.29, 1.82) is 0 Å². The maximum Gasteiger partial charge on any atom is 0.191 e. The summed E-state index contributed by atoms with van der Waals surface area (Å²) in [6.45, 7) is 0.921. The van der Waals surface area contributed by atoms with Gasteiger partial charge in [0.2, 0.25) is 0 Å². The van der Waals surface area contributed by atoms with Gasteiger partial charge in [0.05, 0.1) is 23.8 Å². The Morgan fingerprint density at radius 1 is 1.45 bits per heavy atom. The van der Waals surface area contributed by atoms with Crippen molar-refractivity contribution >= 4 is 15.8 Å². The van der Waals surface area contributed by atoms with Gasteiger partial charge in [0.25, 0.3) is 0 Å². The quantitative estimate of drug-likeness (QED) is 0.638. The summed E-state index contributed by atoms with van der Waals surface area (Å²) in [4.78, 5) is 4.08. The van der Waals surface area contributed by atoms with Crippen LogP contribution in [0.4, 0.5) is 0 Å². The van der Waals surface area contributed by atoms with Crippen molar-refractivity contribution in [1.82, 2.24) is 10.6 Å². The second kappa shape index (κ2) is 6.78. The van der Waals surface area contributed by atoms with Gasteiger partial charge in [-0.2, -0.15) is 0 Å². The monoisotopic (exact) mass is 299 g/mol. The van der Waals surface area contributed by atoms with Crippen LogP contribution >= 0.6 is 0 Å². The fraction of sp³-hybridized carbons (Fsp3) is 0.615. The molecule has 0 aliphatic carbocycles. The van der Waals surface area contributed by atoms with Gasteiger partial charge in [-0.05, 0) is 25.0 Å². The number of nitrogens with zero attached hydrogens (tertiary/aromatic N) is 1. The molecule has 20 heavy (non-hydrogen) atoms. The Labute approximate surface area is 119 Å².